The van der Waals surface area contributed by atoms with Crippen LogP contribution in [0.5, 0.6) is 0 Å². The Kier molecular flexibility index (Phi) is 4.90. The van der Waals surface area contributed by atoms with Gasteiger partial charge in [-0.05, 0) is 36.6 Å². The highest BCUT2D eigenvalue weighted by Gasteiger charge is 2.26. The zero-order valence-electron chi connectivity index (χ0n) is 11.7. The van der Waals surface area contributed by atoms with E-state index in [0.717, 1.165) is 21.3 Å². The summed E-state index contributed by atoms with van der Waals surface area (Å²) in [7, 11) is 0. The Morgan fingerprint density at radius 2 is 1.95 bits per heavy atom. The van der Waals surface area contributed by atoms with Gasteiger partial charge >= 0.3 is 0 Å². The molecule has 2 aromatic rings. The highest BCUT2D eigenvalue weighted by atomic mass is 35.5. The first-order valence-electron chi connectivity index (χ1n) is 6.52. The predicted molar refractivity (Wildman–Crippen MR) is 96.6 cm³/mol. The van der Waals surface area contributed by atoms with Gasteiger partial charge in [0.15, 0.2) is 0 Å². The lowest BCUT2D eigenvalue weighted by Gasteiger charge is -2.25. The molecule has 0 aliphatic carbocycles. The van der Waals surface area contributed by atoms with Crippen LogP contribution in [-0.2, 0) is 0 Å². The van der Waals surface area contributed by atoms with Crippen LogP contribution in [0.4, 0.5) is 5.82 Å². The highest BCUT2D eigenvalue weighted by Crippen LogP contribution is 2.43. The molecule has 2 heterocycles. The van der Waals surface area contributed by atoms with E-state index >= 15 is 0 Å². The van der Waals surface area contributed by atoms with Gasteiger partial charge in [0.2, 0.25) is 0 Å². The van der Waals surface area contributed by atoms with Crippen LogP contribution >= 0.6 is 46.7 Å². The number of allylic oxidation sites excluding steroid dienone is 1. The van der Waals surface area contributed by atoms with Crippen LogP contribution < -0.4 is 10.6 Å². The average molecular weight is 370 g/mol. The van der Waals surface area contributed by atoms with Crippen molar-refractivity contribution in [2.45, 2.75) is 22.2 Å². The van der Waals surface area contributed by atoms with E-state index < -0.39 is 0 Å². The number of pyridine rings is 1. The molecule has 1 aromatic carbocycles. The molecule has 7 heteroatoms. The summed E-state index contributed by atoms with van der Waals surface area (Å²) in [6.45, 7) is 2.02. The molecule has 1 atom stereocenters. The number of aromatic nitrogens is 1. The van der Waals surface area contributed by atoms with Gasteiger partial charge in [-0.15, -0.1) is 0 Å². The molecule has 1 aliphatic rings. The largest absolute Gasteiger partial charge is 0.303 e. The Bertz CT molecular complexity index is 716. The lowest BCUT2D eigenvalue weighted by atomic mass is 10.4. The van der Waals surface area contributed by atoms with E-state index in [-0.39, 0.29) is 5.50 Å². The first-order chi connectivity index (χ1) is 10.6. The Labute approximate surface area is 147 Å². The molecule has 0 radical (unpaired) electrons. The van der Waals surface area contributed by atoms with Gasteiger partial charge in [-0.2, -0.15) is 0 Å². The van der Waals surface area contributed by atoms with Gasteiger partial charge in [0.1, 0.15) is 11.3 Å². The van der Waals surface area contributed by atoms with E-state index in [0.29, 0.717) is 10.0 Å². The van der Waals surface area contributed by atoms with Crippen molar-refractivity contribution in [1.82, 2.24) is 4.98 Å². The number of nitrogens with two attached hydrogens (primary N) is 1. The molecule has 2 N–H and O–H groups in total. The maximum atomic E-state index is 6.27. The van der Waals surface area contributed by atoms with E-state index in [1.54, 1.807) is 18.0 Å². The zero-order valence-corrected chi connectivity index (χ0v) is 14.8. The van der Waals surface area contributed by atoms with Gasteiger partial charge < -0.3 is 10.6 Å². The van der Waals surface area contributed by atoms with E-state index in [1.165, 1.54) is 11.8 Å². The van der Waals surface area contributed by atoms with E-state index in [9.17, 15) is 0 Å². The van der Waals surface area contributed by atoms with Crippen molar-refractivity contribution in [2.24, 2.45) is 5.73 Å². The number of anilines is 1. The third-order valence-corrected chi connectivity index (χ3v) is 6.13. The molecule has 22 heavy (non-hydrogen) atoms. The number of benzene rings is 1. The van der Waals surface area contributed by atoms with E-state index in [1.807, 2.05) is 47.6 Å². The Morgan fingerprint density at radius 1 is 1.23 bits per heavy atom. The molecule has 0 spiro atoms. The van der Waals surface area contributed by atoms with Crippen molar-refractivity contribution in [3.63, 3.8) is 0 Å². The summed E-state index contributed by atoms with van der Waals surface area (Å²) < 4.78 is 0. The van der Waals surface area contributed by atoms with E-state index in [2.05, 4.69) is 4.98 Å². The number of hydrogen-bond donors (Lipinski definition) is 1. The number of hydrogen-bond acceptors (Lipinski definition) is 5. The Hall–Kier alpha value is -0.850. The third kappa shape index (κ3) is 3.09. The van der Waals surface area contributed by atoms with Crippen molar-refractivity contribution < 1.29 is 0 Å². The minimum atomic E-state index is -0.170. The van der Waals surface area contributed by atoms with Gasteiger partial charge in [0.05, 0.1) is 14.9 Å². The summed E-state index contributed by atoms with van der Waals surface area (Å²) in [5.74, 6) is 0.815. The number of thioether (sulfide) groups is 1. The summed E-state index contributed by atoms with van der Waals surface area (Å²) >= 11 is 15.6. The molecule has 1 aromatic heterocycles. The van der Waals surface area contributed by atoms with Crippen LogP contribution in [0.3, 0.4) is 0 Å². The standard InChI is InChI=1S/C15H13Cl2N3S2/c1-9-8-21-15(18)20(9)14-12(6-3-7-19-14)22-13-10(16)4-2-5-11(13)17/h2-8,15H,18H2,1H3. The maximum absolute atomic E-state index is 6.27. The van der Waals surface area contributed by atoms with Crippen molar-refractivity contribution in [2.75, 3.05) is 4.90 Å². The van der Waals surface area contributed by atoms with Crippen molar-refractivity contribution in [3.05, 3.63) is 57.7 Å². The summed E-state index contributed by atoms with van der Waals surface area (Å²) in [5.41, 5.74) is 7.06. The van der Waals surface area contributed by atoms with Crippen LogP contribution in [-0.4, -0.2) is 10.5 Å². The molecule has 3 nitrogen and oxygen atoms in total. The van der Waals surface area contributed by atoms with E-state index in [4.69, 9.17) is 28.9 Å². The second kappa shape index (κ2) is 6.72. The van der Waals surface area contributed by atoms with Crippen LogP contribution in [0.2, 0.25) is 10.0 Å². The SMILES string of the molecule is CC1=CSC(N)N1c1ncccc1Sc1c(Cl)cccc1Cl. The molecule has 0 saturated heterocycles. The fourth-order valence-corrected chi connectivity index (χ4v) is 4.51. The molecule has 3 rings (SSSR count). The second-order valence-corrected chi connectivity index (χ2v) is 7.49. The monoisotopic (exact) mass is 369 g/mol. The second-order valence-electron chi connectivity index (χ2n) is 4.63. The normalized spacial score (nSPS) is 17.7. The van der Waals surface area contributed by atoms with Crippen LogP contribution in [0, 0.1) is 0 Å². The lowest BCUT2D eigenvalue weighted by molar-refractivity contribution is 0.852. The lowest BCUT2D eigenvalue weighted by Crippen LogP contribution is -2.35. The van der Waals surface area contributed by atoms with Crippen LogP contribution in [0.1, 0.15) is 6.92 Å². The van der Waals surface area contributed by atoms with Crippen molar-refractivity contribution >= 4 is 52.5 Å². The molecule has 1 aliphatic heterocycles. The van der Waals surface area contributed by atoms with Gasteiger partial charge in [0, 0.05) is 16.8 Å². The molecule has 114 valence electrons. The molecule has 0 fully saturated rings. The van der Waals surface area contributed by atoms with Gasteiger partial charge in [-0.3, -0.25) is 0 Å². The Balaban J connectivity index is 2.01. The summed E-state index contributed by atoms with van der Waals surface area (Å²) in [6, 6.07) is 9.38. The van der Waals surface area contributed by atoms with Gasteiger partial charge in [0.25, 0.3) is 0 Å². The van der Waals surface area contributed by atoms with Crippen molar-refractivity contribution in [1.29, 1.82) is 0 Å². The van der Waals surface area contributed by atoms with Crippen LogP contribution in [0.25, 0.3) is 0 Å². The van der Waals surface area contributed by atoms with Gasteiger partial charge in [-0.25, -0.2) is 4.98 Å². The minimum absolute atomic E-state index is 0.170. The fourth-order valence-electron chi connectivity index (χ4n) is 2.11. The quantitative estimate of drug-likeness (QED) is 0.805. The minimum Gasteiger partial charge on any atom is -0.303 e. The molecule has 0 amide bonds. The fraction of sp³-hybridized carbons (Fsp3) is 0.133. The molecular formula is C15H13Cl2N3S2. The molecule has 0 bridgehead atoms. The number of nitrogens with zero attached hydrogens (tertiary/aromatic N) is 2. The molecule has 1 unspecified atom stereocenters. The molecule has 0 saturated carbocycles. The smallest absolute Gasteiger partial charge is 0.148 e. The van der Waals surface area contributed by atoms with Crippen LogP contribution in [0.15, 0.2) is 57.4 Å². The predicted octanol–water partition coefficient (Wildman–Crippen LogP) is 5.20. The van der Waals surface area contributed by atoms with Gasteiger partial charge in [-0.1, -0.05) is 52.8 Å². The summed E-state index contributed by atoms with van der Waals surface area (Å²) in [4.78, 5) is 8.30. The number of halogens is 2. The zero-order chi connectivity index (χ0) is 15.7. The van der Waals surface area contributed by atoms with Crippen molar-refractivity contribution in [3.8, 4) is 0 Å². The molecular weight excluding hydrogens is 357 g/mol. The topological polar surface area (TPSA) is 42.1 Å². The summed E-state index contributed by atoms with van der Waals surface area (Å²) in [5, 5.41) is 3.29. The number of rotatable bonds is 3. The summed E-state index contributed by atoms with van der Waals surface area (Å²) in [6.07, 6.45) is 1.76. The average Bonchev–Trinajstić information content (AvgIpc) is 2.83. The maximum Gasteiger partial charge on any atom is 0.148 e. The Morgan fingerprint density at radius 3 is 2.59 bits per heavy atom. The first kappa shape index (κ1) is 16.0. The third-order valence-electron chi connectivity index (χ3n) is 3.12. The first-order valence-corrected chi connectivity index (χ1v) is 9.03. The highest BCUT2D eigenvalue weighted by molar-refractivity contribution is 8.03.